The minimum atomic E-state index is 0.547. The molecule has 0 spiro atoms. The molecule has 0 saturated carbocycles. The average Bonchev–Trinajstić information content (AvgIpc) is 3.03. The summed E-state index contributed by atoms with van der Waals surface area (Å²) in [7, 11) is 0. The van der Waals surface area contributed by atoms with E-state index < -0.39 is 0 Å². The number of pyridine rings is 3. The number of aromatic nitrogens is 4. The van der Waals surface area contributed by atoms with Crippen LogP contribution < -0.4 is 5.32 Å². The maximum Gasteiger partial charge on any atom is 0.149 e. The molecule has 0 aliphatic rings. The Morgan fingerprint density at radius 1 is 1.15 bits per heavy atom. The van der Waals surface area contributed by atoms with Crippen LogP contribution in [-0.4, -0.2) is 19.4 Å². The van der Waals surface area contributed by atoms with E-state index in [1.54, 1.807) is 12.4 Å². The quantitative estimate of drug-likeness (QED) is 0.533. The number of hydrogen-bond acceptors (Lipinski definition) is 4. The maximum absolute atomic E-state index is 6.48. The van der Waals surface area contributed by atoms with E-state index in [4.69, 9.17) is 16.6 Å². The molecular formula is C20H18ClN5. The van der Waals surface area contributed by atoms with Crippen LogP contribution in [0.25, 0.3) is 16.9 Å². The minimum absolute atomic E-state index is 0.547. The van der Waals surface area contributed by atoms with Gasteiger partial charge in [-0.05, 0) is 36.8 Å². The molecule has 0 unspecified atom stereocenters. The zero-order valence-electron chi connectivity index (χ0n) is 14.4. The molecule has 0 radical (unpaired) electrons. The predicted molar refractivity (Wildman–Crippen MR) is 105 cm³/mol. The monoisotopic (exact) mass is 363 g/mol. The molecule has 6 heteroatoms. The van der Waals surface area contributed by atoms with Crippen molar-refractivity contribution in [2.24, 2.45) is 0 Å². The van der Waals surface area contributed by atoms with Gasteiger partial charge in [0.25, 0.3) is 0 Å². The first kappa shape index (κ1) is 16.5. The van der Waals surface area contributed by atoms with Crippen molar-refractivity contribution < 1.29 is 0 Å². The van der Waals surface area contributed by atoms with Crippen molar-refractivity contribution in [1.82, 2.24) is 19.4 Å². The number of imidazole rings is 1. The van der Waals surface area contributed by atoms with E-state index in [-0.39, 0.29) is 0 Å². The zero-order chi connectivity index (χ0) is 17.9. The Labute approximate surface area is 156 Å². The minimum Gasteiger partial charge on any atom is -0.338 e. The fourth-order valence-electron chi connectivity index (χ4n) is 2.99. The molecule has 0 saturated heterocycles. The standard InChI is InChI=1S/C20H18ClN5/c1-2-6-17-19(25-18-8-3-4-10-26(17)18)14-11-16(21)20(23-12-14)24-15-7-5-9-22-13-15/h3-5,7-13H,2,6H2,1H3,(H,23,24). The summed E-state index contributed by atoms with van der Waals surface area (Å²) in [4.78, 5) is 13.4. The van der Waals surface area contributed by atoms with Crippen molar-refractivity contribution in [2.45, 2.75) is 19.8 Å². The largest absolute Gasteiger partial charge is 0.338 e. The van der Waals surface area contributed by atoms with Crippen LogP contribution in [0.3, 0.4) is 0 Å². The molecule has 4 aromatic rings. The molecule has 0 aromatic carbocycles. The highest BCUT2D eigenvalue weighted by Crippen LogP contribution is 2.30. The van der Waals surface area contributed by atoms with Gasteiger partial charge in [0.05, 0.1) is 28.3 Å². The van der Waals surface area contributed by atoms with Gasteiger partial charge in [0.1, 0.15) is 11.5 Å². The van der Waals surface area contributed by atoms with Crippen LogP contribution in [0.4, 0.5) is 11.5 Å². The number of rotatable bonds is 5. The Kier molecular flexibility index (Phi) is 4.54. The fourth-order valence-corrected chi connectivity index (χ4v) is 3.20. The highest BCUT2D eigenvalue weighted by molar-refractivity contribution is 6.33. The van der Waals surface area contributed by atoms with E-state index in [0.717, 1.165) is 35.4 Å². The summed E-state index contributed by atoms with van der Waals surface area (Å²) < 4.78 is 2.13. The molecule has 4 aromatic heterocycles. The van der Waals surface area contributed by atoms with Crippen molar-refractivity contribution in [3.63, 3.8) is 0 Å². The van der Waals surface area contributed by atoms with Gasteiger partial charge in [0.15, 0.2) is 0 Å². The predicted octanol–water partition coefficient (Wildman–Crippen LogP) is 5.14. The molecule has 1 N–H and O–H groups in total. The Hall–Kier alpha value is -2.92. The van der Waals surface area contributed by atoms with Crippen molar-refractivity contribution >= 4 is 28.8 Å². The van der Waals surface area contributed by atoms with Gasteiger partial charge >= 0.3 is 0 Å². The lowest BCUT2D eigenvalue weighted by Gasteiger charge is -2.09. The summed E-state index contributed by atoms with van der Waals surface area (Å²) in [6, 6.07) is 11.7. The third kappa shape index (κ3) is 3.13. The highest BCUT2D eigenvalue weighted by atomic mass is 35.5. The Morgan fingerprint density at radius 3 is 2.85 bits per heavy atom. The van der Waals surface area contributed by atoms with E-state index >= 15 is 0 Å². The summed E-state index contributed by atoms with van der Waals surface area (Å²) in [6.07, 6.45) is 9.29. The molecule has 130 valence electrons. The van der Waals surface area contributed by atoms with Crippen LogP contribution in [0.15, 0.2) is 61.2 Å². The van der Waals surface area contributed by atoms with E-state index in [0.29, 0.717) is 10.8 Å². The van der Waals surface area contributed by atoms with Gasteiger partial charge in [0.2, 0.25) is 0 Å². The number of hydrogen-bond donors (Lipinski definition) is 1. The van der Waals surface area contributed by atoms with Crippen LogP contribution in [0, 0.1) is 0 Å². The number of halogens is 1. The van der Waals surface area contributed by atoms with E-state index in [2.05, 4.69) is 26.6 Å². The van der Waals surface area contributed by atoms with Crippen LogP contribution in [-0.2, 0) is 6.42 Å². The third-order valence-electron chi connectivity index (χ3n) is 4.15. The lowest BCUT2D eigenvalue weighted by atomic mass is 10.1. The van der Waals surface area contributed by atoms with E-state index in [1.807, 2.05) is 48.8 Å². The highest BCUT2D eigenvalue weighted by Gasteiger charge is 2.15. The van der Waals surface area contributed by atoms with Crippen molar-refractivity contribution in [1.29, 1.82) is 0 Å². The summed E-state index contributed by atoms with van der Waals surface area (Å²) in [6.45, 7) is 2.16. The van der Waals surface area contributed by atoms with E-state index in [9.17, 15) is 0 Å². The molecule has 0 bridgehead atoms. The second-order valence-electron chi connectivity index (χ2n) is 6.01. The van der Waals surface area contributed by atoms with Crippen LogP contribution >= 0.6 is 11.6 Å². The smallest absolute Gasteiger partial charge is 0.149 e. The lowest BCUT2D eigenvalue weighted by Crippen LogP contribution is -1.97. The van der Waals surface area contributed by atoms with Gasteiger partial charge in [-0.2, -0.15) is 0 Å². The van der Waals surface area contributed by atoms with Gasteiger partial charge in [-0.1, -0.05) is 31.0 Å². The molecule has 0 aliphatic carbocycles. The van der Waals surface area contributed by atoms with Crippen LogP contribution in [0.2, 0.25) is 5.02 Å². The molecular weight excluding hydrogens is 346 g/mol. The van der Waals surface area contributed by atoms with Gasteiger partial charge in [-0.15, -0.1) is 0 Å². The van der Waals surface area contributed by atoms with Gasteiger partial charge < -0.3 is 9.72 Å². The van der Waals surface area contributed by atoms with Crippen molar-refractivity contribution in [2.75, 3.05) is 5.32 Å². The van der Waals surface area contributed by atoms with Crippen LogP contribution in [0.1, 0.15) is 19.0 Å². The van der Waals surface area contributed by atoms with Gasteiger partial charge in [-0.25, -0.2) is 9.97 Å². The molecule has 4 rings (SSSR count). The average molecular weight is 364 g/mol. The third-order valence-corrected chi connectivity index (χ3v) is 4.44. The molecule has 0 amide bonds. The maximum atomic E-state index is 6.48. The summed E-state index contributed by atoms with van der Waals surface area (Å²) in [5.74, 6) is 0.601. The number of nitrogens with one attached hydrogen (secondary N) is 1. The first-order valence-corrected chi connectivity index (χ1v) is 8.93. The normalized spacial score (nSPS) is 11.0. The van der Waals surface area contributed by atoms with Crippen LogP contribution in [0.5, 0.6) is 0 Å². The summed E-state index contributed by atoms with van der Waals surface area (Å²) in [5, 5.41) is 3.73. The first-order chi connectivity index (χ1) is 12.8. The molecule has 0 aliphatic heterocycles. The lowest BCUT2D eigenvalue weighted by molar-refractivity contribution is 0.870. The Morgan fingerprint density at radius 2 is 2.08 bits per heavy atom. The first-order valence-electron chi connectivity index (χ1n) is 8.55. The SMILES string of the molecule is CCCc1c(-c2cnc(Nc3cccnc3)c(Cl)c2)nc2ccccn12. The molecule has 0 atom stereocenters. The van der Waals surface area contributed by atoms with Gasteiger partial charge in [-0.3, -0.25) is 4.98 Å². The number of fused-ring (bicyclic) bond motifs is 1. The topological polar surface area (TPSA) is 55.1 Å². The number of aryl methyl sites for hydroxylation is 1. The number of anilines is 2. The van der Waals surface area contributed by atoms with Crippen molar-refractivity contribution in [3.05, 3.63) is 71.9 Å². The Bertz CT molecular complexity index is 1040. The molecule has 26 heavy (non-hydrogen) atoms. The second kappa shape index (κ2) is 7.14. The number of nitrogens with zero attached hydrogens (tertiary/aromatic N) is 4. The summed E-state index contributed by atoms with van der Waals surface area (Å²) >= 11 is 6.48. The fraction of sp³-hybridized carbons (Fsp3) is 0.150. The van der Waals surface area contributed by atoms with Gasteiger partial charge in [0, 0.05) is 24.2 Å². The Balaban J connectivity index is 1.73. The van der Waals surface area contributed by atoms with E-state index in [1.165, 1.54) is 5.69 Å². The molecule has 0 fully saturated rings. The van der Waals surface area contributed by atoms with Crippen molar-refractivity contribution in [3.8, 4) is 11.3 Å². The molecule has 5 nitrogen and oxygen atoms in total. The second-order valence-corrected chi connectivity index (χ2v) is 6.41. The molecule has 4 heterocycles. The summed E-state index contributed by atoms with van der Waals surface area (Å²) in [5.41, 5.74) is 4.79. The zero-order valence-corrected chi connectivity index (χ0v) is 15.1.